The first-order valence-electron chi connectivity index (χ1n) is 8.04. The number of benzene rings is 1. The fraction of sp³-hybridized carbons (Fsp3) is 0.389. The van der Waals surface area contributed by atoms with Crippen LogP contribution in [-0.4, -0.2) is 21.9 Å². The molecule has 0 fully saturated rings. The molecule has 0 aliphatic heterocycles. The van der Waals surface area contributed by atoms with Gasteiger partial charge in [0.25, 0.3) is 5.91 Å². The highest BCUT2D eigenvalue weighted by molar-refractivity contribution is 6.03. The summed E-state index contributed by atoms with van der Waals surface area (Å²) in [6.45, 7) is 8.20. The van der Waals surface area contributed by atoms with E-state index in [0.717, 1.165) is 29.7 Å². The van der Waals surface area contributed by atoms with E-state index >= 15 is 0 Å². The molecule has 122 valence electrons. The van der Waals surface area contributed by atoms with E-state index < -0.39 is 0 Å². The quantitative estimate of drug-likeness (QED) is 0.851. The molecule has 0 radical (unpaired) electrons. The van der Waals surface area contributed by atoms with Crippen LogP contribution in [-0.2, 0) is 6.42 Å². The fourth-order valence-electron chi connectivity index (χ4n) is 2.26. The third-order valence-corrected chi connectivity index (χ3v) is 3.85. The normalized spacial score (nSPS) is 11.8. The molecule has 1 amide bonds. The zero-order chi connectivity index (χ0) is 16.8. The van der Waals surface area contributed by atoms with Crippen molar-refractivity contribution in [1.29, 1.82) is 0 Å². The lowest BCUT2D eigenvalue weighted by Crippen LogP contribution is -2.19. The van der Waals surface area contributed by atoms with Gasteiger partial charge in [-0.15, -0.1) is 0 Å². The number of aryl methyl sites for hydroxylation is 2. The summed E-state index contributed by atoms with van der Waals surface area (Å²) in [5, 5.41) is 6.17. The standard InChI is InChI=1S/C18H24N4O/c1-5-13(4)20-18-19-11-10-15(21-18)17(23)22-16-12(3)8-7-9-14(16)6-2/h7-11,13H,5-6H2,1-4H3,(H,22,23)(H,19,20,21). The zero-order valence-electron chi connectivity index (χ0n) is 14.2. The fourth-order valence-corrected chi connectivity index (χ4v) is 2.26. The smallest absolute Gasteiger partial charge is 0.274 e. The second-order valence-corrected chi connectivity index (χ2v) is 5.64. The highest BCUT2D eigenvalue weighted by atomic mass is 16.1. The van der Waals surface area contributed by atoms with Crippen LogP contribution in [0.5, 0.6) is 0 Å². The Morgan fingerprint density at radius 2 is 2.04 bits per heavy atom. The molecular weight excluding hydrogens is 288 g/mol. The number of hydrogen-bond acceptors (Lipinski definition) is 4. The molecule has 0 aliphatic carbocycles. The number of hydrogen-bond donors (Lipinski definition) is 2. The largest absolute Gasteiger partial charge is 0.352 e. The summed E-state index contributed by atoms with van der Waals surface area (Å²) in [6.07, 6.45) is 3.43. The van der Waals surface area contributed by atoms with Crippen molar-refractivity contribution in [2.45, 2.75) is 46.6 Å². The van der Waals surface area contributed by atoms with E-state index in [0.29, 0.717) is 11.6 Å². The van der Waals surface area contributed by atoms with E-state index in [9.17, 15) is 4.79 Å². The molecular formula is C18H24N4O. The average Bonchev–Trinajstić information content (AvgIpc) is 2.56. The van der Waals surface area contributed by atoms with Crippen molar-refractivity contribution < 1.29 is 4.79 Å². The lowest BCUT2D eigenvalue weighted by molar-refractivity contribution is 0.102. The van der Waals surface area contributed by atoms with Gasteiger partial charge in [0.05, 0.1) is 0 Å². The first kappa shape index (κ1) is 16.9. The highest BCUT2D eigenvalue weighted by Crippen LogP contribution is 2.21. The summed E-state index contributed by atoms with van der Waals surface area (Å²) in [5.41, 5.74) is 3.39. The molecule has 2 N–H and O–H groups in total. The maximum Gasteiger partial charge on any atom is 0.274 e. The van der Waals surface area contributed by atoms with Crippen LogP contribution in [0.15, 0.2) is 30.5 Å². The van der Waals surface area contributed by atoms with Gasteiger partial charge >= 0.3 is 0 Å². The molecule has 0 aliphatic rings. The molecule has 5 nitrogen and oxygen atoms in total. The number of carbonyl (C=O) groups excluding carboxylic acids is 1. The SMILES string of the molecule is CCc1cccc(C)c1NC(=O)c1ccnc(NC(C)CC)n1. The number of anilines is 2. The lowest BCUT2D eigenvalue weighted by Gasteiger charge is -2.14. The minimum atomic E-state index is -0.219. The van der Waals surface area contributed by atoms with Crippen LogP contribution in [0.3, 0.4) is 0 Å². The first-order chi connectivity index (χ1) is 11.0. The number of aromatic nitrogens is 2. The monoisotopic (exact) mass is 312 g/mol. The molecule has 0 bridgehead atoms. The first-order valence-corrected chi connectivity index (χ1v) is 8.04. The van der Waals surface area contributed by atoms with Crippen molar-refractivity contribution in [1.82, 2.24) is 9.97 Å². The van der Waals surface area contributed by atoms with Crippen LogP contribution in [0.1, 0.15) is 48.8 Å². The zero-order valence-corrected chi connectivity index (χ0v) is 14.2. The third-order valence-electron chi connectivity index (χ3n) is 3.85. The van der Waals surface area contributed by atoms with E-state index in [1.54, 1.807) is 12.3 Å². The molecule has 0 saturated heterocycles. The van der Waals surface area contributed by atoms with Crippen LogP contribution >= 0.6 is 0 Å². The van der Waals surface area contributed by atoms with Crippen molar-refractivity contribution in [3.8, 4) is 0 Å². The minimum Gasteiger partial charge on any atom is -0.352 e. The van der Waals surface area contributed by atoms with Crippen molar-refractivity contribution in [3.05, 3.63) is 47.3 Å². The minimum absolute atomic E-state index is 0.219. The van der Waals surface area contributed by atoms with Crippen LogP contribution in [0.2, 0.25) is 0 Å². The lowest BCUT2D eigenvalue weighted by atomic mass is 10.1. The molecule has 1 aromatic carbocycles. The maximum absolute atomic E-state index is 12.5. The van der Waals surface area contributed by atoms with Crippen molar-refractivity contribution >= 4 is 17.5 Å². The van der Waals surface area contributed by atoms with Gasteiger partial charge in [0, 0.05) is 17.9 Å². The summed E-state index contributed by atoms with van der Waals surface area (Å²) in [5.74, 6) is 0.260. The van der Waals surface area contributed by atoms with Crippen LogP contribution < -0.4 is 10.6 Å². The Kier molecular flexibility index (Phi) is 5.68. The van der Waals surface area contributed by atoms with Gasteiger partial charge in [-0.3, -0.25) is 4.79 Å². The molecule has 0 saturated carbocycles. The number of nitrogens with zero attached hydrogens (tertiary/aromatic N) is 2. The van der Waals surface area contributed by atoms with Crippen LogP contribution in [0.25, 0.3) is 0 Å². The Morgan fingerprint density at radius 3 is 2.74 bits per heavy atom. The van der Waals surface area contributed by atoms with Gasteiger partial charge in [0.1, 0.15) is 5.69 Å². The molecule has 0 spiro atoms. The predicted molar refractivity (Wildman–Crippen MR) is 93.9 cm³/mol. The van der Waals surface area contributed by atoms with E-state index in [4.69, 9.17) is 0 Å². The number of nitrogens with one attached hydrogen (secondary N) is 2. The van der Waals surface area contributed by atoms with Gasteiger partial charge < -0.3 is 10.6 Å². The summed E-state index contributed by atoms with van der Waals surface area (Å²) in [7, 11) is 0. The van der Waals surface area contributed by atoms with Gasteiger partial charge in [-0.25, -0.2) is 9.97 Å². The Morgan fingerprint density at radius 1 is 1.26 bits per heavy atom. The van der Waals surface area contributed by atoms with E-state index in [1.165, 1.54) is 0 Å². The molecule has 23 heavy (non-hydrogen) atoms. The molecule has 2 aromatic rings. The van der Waals surface area contributed by atoms with Gasteiger partial charge in [0.2, 0.25) is 5.95 Å². The molecule has 5 heteroatoms. The number of amides is 1. The summed E-state index contributed by atoms with van der Waals surface area (Å²) < 4.78 is 0. The van der Waals surface area contributed by atoms with Crippen LogP contribution in [0.4, 0.5) is 11.6 Å². The van der Waals surface area contributed by atoms with Crippen molar-refractivity contribution in [3.63, 3.8) is 0 Å². The van der Waals surface area contributed by atoms with Gasteiger partial charge in [-0.2, -0.15) is 0 Å². The van der Waals surface area contributed by atoms with Crippen LogP contribution in [0, 0.1) is 6.92 Å². The number of rotatable bonds is 6. The van der Waals surface area contributed by atoms with Crippen molar-refractivity contribution in [2.24, 2.45) is 0 Å². The molecule has 2 rings (SSSR count). The number of para-hydroxylation sites is 1. The van der Waals surface area contributed by atoms with Gasteiger partial charge in [-0.1, -0.05) is 32.0 Å². The summed E-state index contributed by atoms with van der Waals surface area (Å²) >= 11 is 0. The average molecular weight is 312 g/mol. The predicted octanol–water partition coefficient (Wildman–Crippen LogP) is 3.81. The molecule has 1 unspecified atom stereocenters. The second kappa shape index (κ2) is 7.72. The number of carbonyl (C=O) groups is 1. The van der Waals surface area contributed by atoms with E-state index in [1.807, 2.05) is 25.1 Å². The molecule has 1 aromatic heterocycles. The summed E-state index contributed by atoms with van der Waals surface area (Å²) in [6, 6.07) is 7.91. The maximum atomic E-state index is 12.5. The molecule has 1 atom stereocenters. The highest BCUT2D eigenvalue weighted by Gasteiger charge is 2.13. The van der Waals surface area contributed by atoms with E-state index in [2.05, 4.69) is 41.4 Å². The Labute approximate surface area is 137 Å². The second-order valence-electron chi connectivity index (χ2n) is 5.64. The Bertz CT molecular complexity index is 684. The topological polar surface area (TPSA) is 66.9 Å². The van der Waals surface area contributed by atoms with Crippen molar-refractivity contribution in [2.75, 3.05) is 10.6 Å². The Hall–Kier alpha value is -2.43. The molecule has 1 heterocycles. The van der Waals surface area contributed by atoms with E-state index in [-0.39, 0.29) is 11.9 Å². The van der Waals surface area contributed by atoms with Gasteiger partial charge in [0.15, 0.2) is 0 Å². The third kappa shape index (κ3) is 4.28. The Balaban J connectivity index is 2.20. The summed E-state index contributed by atoms with van der Waals surface area (Å²) in [4.78, 5) is 21.0. The van der Waals surface area contributed by atoms with Gasteiger partial charge in [-0.05, 0) is 43.9 Å².